The van der Waals surface area contributed by atoms with Crippen LogP contribution in [-0.4, -0.2) is 83.7 Å². The van der Waals surface area contributed by atoms with Crippen LogP contribution in [0.4, 0.5) is 4.79 Å². The summed E-state index contributed by atoms with van der Waals surface area (Å²) in [5.41, 5.74) is 0.0927. The number of esters is 1. The van der Waals surface area contributed by atoms with E-state index in [0.29, 0.717) is 19.4 Å². The lowest BCUT2D eigenvalue weighted by Crippen LogP contribution is -2.56. The topological polar surface area (TPSA) is 143 Å². The van der Waals surface area contributed by atoms with Gasteiger partial charge in [-0.05, 0) is 39.2 Å². The number of carbonyl (C=O) groups is 5. The smallest absolute Gasteiger partial charge is 0.410 e. The van der Waals surface area contributed by atoms with E-state index in [0.717, 1.165) is 5.56 Å². The van der Waals surface area contributed by atoms with Crippen LogP contribution in [0.3, 0.4) is 0 Å². The van der Waals surface area contributed by atoms with Gasteiger partial charge in [0.15, 0.2) is 0 Å². The largest absolute Gasteiger partial charge is 0.467 e. The number of ether oxygens (including phenoxy) is 2. The number of rotatable bonds is 11. The Kier molecular flexibility index (Phi) is 11.9. The Balaban J connectivity index is 2.16. The van der Waals surface area contributed by atoms with Crippen LogP contribution in [0.1, 0.15) is 46.1 Å². The highest BCUT2D eigenvalue weighted by Gasteiger charge is 2.38. The average Bonchev–Trinajstić information content (AvgIpc) is 3.35. The quantitative estimate of drug-likeness (QED) is 0.214. The molecule has 38 heavy (non-hydrogen) atoms. The highest BCUT2D eigenvalue weighted by atomic mass is 32.2. The lowest BCUT2D eigenvalue weighted by atomic mass is 10.0. The second-order valence-electron chi connectivity index (χ2n) is 9.92. The summed E-state index contributed by atoms with van der Waals surface area (Å²) in [5, 5.41) is 8.06. The predicted molar refractivity (Wildman–Crippen MR) is 143 cm³/mol. The van der Waals surface area contributed by atoms with E-state index >= 15 is 0 Å². The van der Waals surface area contributed by atoms with Gasteiger partial charge >= 0.3 is 12.1 Å². The number of amides is 4. The standard InChI is InChI=1S/C26H38N4O7S/c1-17(31)27-16-38-15-20(24(34)36-5)29-22(32)19(14-18-10-7-6-8-11-18)28-23(33)21-12-9-13-30(21)25(35)37-26(2,3)4/h6-8,10-11,19-21H,9,12-16H2,1-5H3,(H,27,31)(H,28,33)(H,29,32)/t19-,20-,21+/m0/s1. The molecule has 0 spiro atoms. The highest BCUT2D eigenvalue weighted by molar-refractivity contribution is 7.99. The molecule has 0 aliphatic carbocycles. The Labute approximate surface area is 227 Å². The highest BCUT2D eigenvalue weighted by Crippen LogP contribution is 2.21. The summed E-state index contributed by atoms with van der Waals surface area (Å²) in [7, 11) is 1.22. The summed E-state index contributed by atoms with van der Waals surface area (Å²) >= 11 is 1.24. The van der Waals surface area contributed by atoms with Gasteiger partial charge in [0.25, 0.3) is 0 Å². The van der Waals surface area contributed by atoms with Gasteiger partial charge < -0.3 is 25.4 Å². The zero-order valence-electron chi connectivity index (χ0n) is 22.6. The van der Waals surface area contributed by atoms with Gasteiger partial charge in [-0.25, -0.2) is 9.59 Å². The summed E-state index contributed by atoms with van der Waals surface area (Å²) in [5.74, 6) is -1.50. The van der Waals surface area contributed by atoms with Crippen molar-refractivity contribution in [1.82, 2.24) is 20.9 Å². The van der Waals surface area contributed by atoms with Crippen molar-refractivity contribution < 1.29 is 33.4 Å². The number of benzene rings is 1. The Bertz CT molecular complexity index is 984. The predicted octanol–water partition coefficient (Wildman–Crippen LogP) is 1.60. The molecule has 3 atom stereocenters. The van der Waals surface area contributed by atoms with E-state index in [1.165, 1.54) is 30.7 Å². The maximum atomic E-state index is 13.4. The molecule has 1 saturated heterocycles. The van der Waals surface area contributed by atoms with Crippen LogP contribution in [0.5, 0.6) is 0 Å². The van der Waals surface area contributed by atoms with Crippen LogP contribution in [0.25, 0.3) is 0 Å². The minimum Gasteiger partial charge on any atom is -0.467 e. The van der Waals surface area contributed by atoms with Crippen LogP contribution < -0.4 is 16.0 Å². The first-order valence-corrected chi connectivity index (χ1v) is 13.6. The molecule has 12 heteroatoms. The number of thioether (sulfide) groups is 1. The Morgan fingerprint density at radius 2 is 1.76 bits per heavy atom. The van der Waals surface area contributed by atoms with Crippen molar-refractivity contribution in [2.45, 2.75) is 70.7 Å². The lowest BCUT2D eigenvalue weighted by Gasteiger charge is -2.29. The summed E-state index contributed by atoms with van der Waals surface area (Å²) in [6.45, 7) is 7.01. The summed E-state index contributed by atoms with van der Waals surface area (Å²) < 4.78 is 10.3. The average molecular weight is 551 g/mol. The fourth-order valence-electron chi connectivity index (χ4n) is 3.82. The fraction of sp³-hybridized carbons (Fsp3) is 0.577. The third kappa shape index (κ3) is 10.2. The normalized spacial score (nSPS) is 16.7. The Morgan fingerprint density at radius 1 is 1.08 bits per heavy atom. The summed E-state index contributed by atoms with van der Waals surface area (Å²) in [6, 6.07) is 6.36. The molecular weight excluding hydrogens is 512 g/mol. The Hall–Kier alpha value is -3.28. The number of methoxy groups -OCH3 is 1. The summed E-state index contributed by atoms with van der Waals surface area (Å²) in [6.07, 6.45) is 0.656. The third-order valence-corrected chi connectivity index (χ3v) is 6.53. The molecule has 4 amide bonds. The van der Waals surface area contributed by atoms with Gasteiger partial charge in [-0.3, -0.25) is 19.3 Å². The van der Waals surface area contributed by atoms with Crippen molar-refractivity contribution in [2.75, 3.05) is 25.3 Å². The van der Waals surface area contributed by atoms with Gasteiger partial charge in [-0.15, -0.1) is 11.8 Å². The van der Waals surface area contributed by atoms with Crippen LogP contribution in [-0.2, 0) is 35.1 Å². The number of nitrogens with one attached hydrogen (secondary N) is 3. The molecule has 0 unspecified atom stereocenters. The van der Waals surface area contributed by atoms with Gasteiger partial charge in [-0.1, -0.05) is 30.3 Å². The van der Waals surface area contributed by atoms with Crippen LogP contribution >= 0.6 is 11.8 Å². The van der Waals surface area contributed by atoms with Gasteiger partial charge in [-0.2, -0.15) is 0 Å². The molecule has 3 N–H and O–H groups in total. The number of nitrogens with zero attached hydrogens (tertiary/aromatic N) is 1. The molecule has 0 bridgehead atoms. The maximum absolute atomic E-state index is 13.4. The van der Waals surface area contributed by atoms with Crippen molar-refractivity contribution >= 4 is 41.5 Å². The third-order valence-electron chi connectivity index (χ3n) is 5.61. The number of carbonyl (C=O) groups excluding carboxylic acids is 5. The first-order valence-electron chi connectivity index (χ1n) is 12.5. The molecule has 0 aromatic heterocycles. The second kappa shape index (κ2) is 14.6. The van der Waals surface area contributed by atoms with Gasteiger partial charge in [0.05, 0.1) is 13.0 Å². The molecule has 2 rings (SSSR count). The van der Waals surface area contributed by atoms with Crippen molar-refractivity contribution in [2.24, 2.45) is 0 Å². The number of likely N-dealkylation sites (tertiary alicyclic amines) is 1. The van der Waals surface area contributed by atoms with Crippen LogP contribution in [0.2, 0.25) is 0 Å². The molecule has 0 saturated carbocycles. The van der Waals surface area contributed by atoms with Crippen LogP contribution in [0, 0.1) is 0 Å². The minimum absolute atomic E-state index is 0.153. The molecule has 210 valence electrons. The van der Waals surface area contributed by atoms with Crippen molar-refractivity contribution in [1.29, 1.82) is 0 Å². The molecular formula is C26H38N4O7S. The molecule has 1 aliphatic heterocycles. The van der Waals surface area contributed by atoms with Crippen molar-refractivity contribution in [3.8, 4) is 0 Å². The van der Waals surface area contributed by atoms with Gasteiger partial charge in [0.1, 0.15) is 23.7 Å². The van der Waals surface area contributed by atoms with Crippen molar-refractivity contribution in [3.05, 3.63) is 35.9 Å². The lowest BCUT2D eigenvalue weighted by molar-refractivity contribution is -0.144. The summed E-state index contributed by atoms with van der Waals surface area (Å²) in [4.78, 5) is 64.2. The molecule has 1 fully saturated rings. The molecule has 1 aromatic rings. The van der Waals surface area contributed by atoms with Crippen LogP contribution in [0.15, 0.2) is 30.3 Å². The first-order chi connectivity index (χ1) is 17.9. The maximum Gasteiger partial charge on any atom is 0.410 e. The minimum atomic E-state index is -1.02. The van der Waals surface area contributed by atoms with Crippen molar-refractivity contribution in [3.63, 3.8) is 0 Å². The van der Waals surface area contributed by atoms with E-state index in [1.54, 1.807) is 20.8 Å². The SMILES string of the molecule is COC(=O)[C@H](CSCNC(C)=O)NC(=O)[C@H](Cc1ccccc1)NC(=O)[C@H]1CCCN1C(=O)OC(C)(C)C. The van der Waals surface area contributed by atoms with E-state index in [4.69, 9.17) is 9.47 Å². The zero-order chi connectivity index (χ0) is 28.3. The van der Waals surface area contributed by atoms with Gasteiger partial charge in [0, 0.05) is 25.6 Å². The molecule has 1 aromatic carbocycles. The van der Waals surface area contributed by atoms with E-state index < -0.39 is 47.6 Å². The number of hydrogen-bond acceptors (Lipinski definition) is 8. The molecule has 1 heterocycles. The molecule has 1 aliphatic rings. The van der Waals surface area contributed by atoms with E-state index in [9.17, 15) is 24.0 Å². The Morgan fingerprint density at radius 3 is 2.37 bits per heavy atom. The first kappa shape index (κ1) is 30.9. The molecule has 0 radical (unpaired) electrons. The molecule has 11 nitrogen and oxygen atoms in total. The van der Waals surface area contributed by atoms with Gasteiger partial charge in [0.2, 0.25) is 17.7 Å². The fourth-order valence-corrected chi connectivity index (χ4v) is 4.70. The second-order valence-corrected chi connectivity index (χ2v) is 10.9. The van der Waals surface area contributed by atoms with E-state index in [-0.39, 0.29) is 24.0 Å². The van der Waals surface area contributed by atoms with E-state index in [2.05, 4.69) is 16.0 Å². The number of hydrogen-bond donors (Lipinski definition) is 3. The van der Waals surface area contributed by atoms with E-state index in [1.807, 2.05) is 30.3 Å². The zero-order valence-corrected chi connectivity index (χ0v) is 23.4. The monoisotopic (exact) mass is 550 g/mol.